The fraction of sp³-hybridized carbons (Fsp3) is 0.733. The van der Waals surface area contributed by atoms with Crippen LogP contribution in [0.2, 0.25) is 0 Å². The van der Waals surface area contributed by atoms with Crippen LogP contribution in [0.3, 0.4) is 0 Å². The van der Waals surface area contributed by atoms with Crippen LogP contribution in [0.25, 0.3) is 0 Å². The normalized spacial score (nSPS) is 14.6. The van der Waals surface area contributed by atoms with Crippen molar-refractivity contribution in [2.45, 2.75) is 72.5 Å². The van der Waals surface area contributed by atoms with E-state index in [2.05, 4.69) is 24.3 Å². The Morgan fingerprint density at radius 1 is 1.40 bits per heavy atom. The average Bonchev–Trinajstić information content (AvgIpc) is 2.56. The van der Waals surface area contributed by atoms with Gasteiger partial charge in [-0.2, -0.15) is 5.10 Å². The summed E-state index contributed by atoms with van der Waals surface area (Å²) in [7, 11) is 0. The van der Waals surface area contributed by atoms with Gasteiger partial charge < -0.3 is 5.11 Å². The van der Waals surface area contributed by atoms with Gasteiger partial charge in [0.1, 0.15) is 5.54 Å². The molecule has 20 heavy (non-hydrogen) atoms. The average molecular weight is 281 g/mol. The summed E-state index contributed by atoms with van der Waals surface area (Å²) in [6.45, 7) is 12.6. The van der Waals surface area contributed by atoms with E-state index in [1.807, 2.05) is 25.5 Å². The minimum Gasteiger partial charge on any atom is -0.480 e. The molecule has 0 radical (unpaired) electrons. The number of aryl methyl sites for hydroxylation is 2. The van der Waals surface area contributed by atoms with Crippen LogP contribution in [0.5, 0.6) is 0 Å². The van der Waals surface area contributed by atoms with Crippen LogP contribution < -0.4 is 5.32 Å². The Bertz CT molecular complexity index is 480. The second-order valence-electron chi connectivity index (χ2n) is 6.06. The molecule has 5 nitrogen and oxygen atoms in total. The summed E-state index contributed by atoms with van der Waals surface area (Å²) < 4.78 is 1.97. The Morgan fingerprint density at radius 2 is 2.00 bits per heavy atom. The van der Waals surface area contributed by atoms with Crippen molar-refractivity contribution in [3.63, 3.8) is 0 Å². The lowest BCUT2D eigenvalue weighted by atomic mass is 9.95. The third kappa shape index (κ3) is 3.82. The van der Waals surface area contributed by atoms with Gasteiger partial charge in [0.2, 0.25) is 0 Å². The summed E-state index contributed by atoms with van der Waals surface area (Å²) in [6, 6.07) is 0.145. The molecule has 1 atom stereocenters. The van der Waals surface area contributed by atoms with Crippen LogP contribution in [0, 0.1) is 20.8 Å². The first-order valence-electron chi connectivity index (χ1n) is 7.19. The molecule has 2 N–H and O–H groups in total. The number of aliphatic carboxylic acids is 1. The molecule has 1 aromatic rings. The number of carboxylic acids is 1. The summed E-state index contributed by atoms with van der Waals surface area (Å²) in [5, 5.41) is 17.0. The van der Waals surface area contributed by atoms with Crippen LogP contribution in [0.4, 0.5) is 0 Å². The quantitative estimate of drug-likeness (QED) is 0.805. The molecule has 5 heteroatoms. The van der Waals surface area contributed by atoms with E-state index in [1.165, 1.54) is 5.56 Å². The fourth-order valence-electron chi connectivity index (χ4n) is 2.46. The molecule has 0 spiro atoms. The molecule has 114 valence electrons. The highest BCUT2D eigenvalue weighted by Crippen LogP contribution is 2.17. The van der Waals surface area contributed by atoms with Gasteiger partial charge in [-0.1, -0.05) is 0 Å². The monoisotopic (exact) mass is 281 g/mol. The summed E-state index contributed by atoms with van der Waals surface area (Å²) in [4.78, 5) is 11.4. The maximum absolute atomic E-state index is 11.4. The first-order chi connectivity index (χ1) is 9.17. The molecule has 0 saturated heterocycles. The SMILES string of the molecule is Cc1nn(CCCC(C)(NC(C)C)C(=O)O)c(C)c1C. The zero-order valence-electron chi connectivity index (χ0n) is 13.4. The van der Waals surface area contributed by atoms with E-state index < -0.39 is 11.5 Å². The van der Waals surface area contributed by atoms with Crippen LogP contribution in [0.15, 0.2) is 0 Å². The van der Waals surface area contributed by atoms with Crippen molar-refractivity contribution in [2.24, 2.45) is 0 Å². The smallest absolute Gasteiger partial charge is 0.323 e. The van der Waals surface area contributed by atoms with E-state index >= 15 is 0 Å². The van der Waals surface area contributed by atoms with Gasteiger partial charge in [0.05, 0.1) is 5.69 Å². The van der Waals surface area contributed by atoms with Crippen LogP contribution in [-0.4, -0.2) is 32.4 Å². The van der Waals surface area contributed by atoms with Gasteiger partial charge in [-0.05, 0) is 59.9 Å². The van der Waals surface area contributed by atoms with Crippen molar-refractivity contribution in [3.8, 4) is 0 Å². The molecule has 0 bridgehead atoms. The fourth-order valence-corrected chi connectivity index (χ4v) is 2.46. The largest absolute Gasteiger partial charge is 0.480 e. The van der Waals surface area contributed by atoms with Gasteiger partial charge in [0.25, 0.3) is 0 Å². The first kappa shape index (κ1) is 16.7. The van der Waals surface area contributed by atoms with Crippen molar-refractivity contribution in [2.75, 3.05) is 0 Å². The highest BCUT2D eigenvalue weighted by Gasteiger charge is 2.32. The number of nitrogens with one attached hydrogen (secondary N) is 1. The minimum atomic E-state index is -0.876. The van der Waals surface area contributed by atoms with Crippen molar-refractivity contribution in [1.29, 1.82) is 0 Å². The lowest BCUT2D eigenvalue weighted by Gasteiger charge is -2.28. The molecule has 0 aliphatic heterocycles. The zero-order chi connectivity index (χ0) is 15.5. The minimum absolute atomic E-state index is 0.145. The molecular formula is C15H27N3O2. The van der Waals surface area contributed by atoms with Gasteiger partial charge in [-0.3, -0.25) is 14.8 Å². The third-order valence-corrected chi connectivity index (χ3v) is 3.87. The van der Waals surface area contributed by atoms with Gasteiger partial charge in [0.15, 0.2) is 0 Å². The number of hydrogen-bond acceptors (Lipinski definition) is 3. The van der Waals surface area contributed by atoms with E-state index in [4.69, 9.17) is 0 Å². The highest BCUT2D eigenvalue weighted by molar-refractivity contribution is 5.78. The molecule has 1 rings (SSSR count). The van der Waals surface area contributed by atoms with Gasteiger partial charge >= 0.3 is 5.97 Å². The second kappa shape index (κ2) is 6.39. The van der Waals surface area contributed by atoms with Gasteiger partial charge in [-0.25, -0.2) is 0 Å². The Balaban J connectivity index is 2.65. The Morgan fingerprint density at radius 3 is 2.40 bits per heavy atom. The van der Waals surface area contributed by atoms with Crippen LogP contribution >= 0.6 is 0 Å². The van der Waals surface area contributed by atoms with Crippen molar-refractivity contribution in [3.05, 3.63) is 17.0 Å². The molecule has 0 aliphatic carbocycles. The Labute approximate surface area is 121 Å². The number of hydrogen-bond donors (Lipinski definition) is 2. The number of nitrogens with zero attached hydrogens (tertiary/aromatic N) is 2. The molecule has 0 aromatic carbocycles. The Hall–Kier alpha value is -1.36. The molecule has 0 aliphatic rings. The van der Waals surface area contributed by atoms with E-state index in [-0.39, 0.29) is 6.04 Å². The third-order valence-electron chi connectivity index (χ3n) is 3.87. The van der Waals surface area contributed by atoms with E-state index in [1.54, 1.807) is 6.92 Å². The van der Waals surface area contributed by atoms with Gasteiger partial charge in [0, 0.05) is 18.3 Å². The van der Waals surface area contributed by atoms with Crippen LogP contribution in [-0.2, 0) is 11.3 Å². The summed E-state index contributed by atoms with van der Waals surface area (Å²) in [5.41, 5.74) is 2.55. The zero-order valence-corrected chi connectivity index (χ0v) is 13.4. The number of rotatable bonds is 7. The van der Waals surface area contributed by atoms with Crippen molar-refractivity contribution in [1.82, 2.24) is 15.1 Å². The van der Waals surface area contributed by atoms with Crippen molar-refractivity contribution < 1.29 is 9.90 Å². The molecule has 0 fully saturated rings. The number of carbonyl (C=O) groups is 1. The predicted molar refractivity (Wildman–Crippen MR) is 80.0 cm³/mol. The molecule has 0 saturated carbocycles. The lowest BCUT2D eigenvalue weighted by molar-refractivity contribution is -0.144. The number of carboxylic acid groups (broad SMARTS) is 1. The van der Waals surface area contributed by atoms with E-state index in [9.17, 15) is 9.90 Å². The standard InChI is InChI=1S/C15H27N3O2/c1-10(2)16-15(6,14(19)20)8-7-9-18-13(5)11(3)12(4)17-18/h10,16H,7-9H2,1-6H3,(H,19,20). The van der Waals surface area contributed by atoms with E-state index in [0.717, 1.165) is 24.4 Å². The Kier molecular flexibility index (Phi) is 5.34. The summed E-state index contributed by atoms with van der Waals surface area (Å²) in [6.07, 6.45) is 1.36. The first-order valence-corrected chi connectivity index (χ1v) is 7.19. The predicted octanol–water partition coefficient (Wildman–Crippen LogP) is 2.43. The van der Waals surface area contributed by atoms with E-state index in [0.29, 0.717) is 6.42 Å². The van der Waals surface area contributed by atoms with Crippen LogP contribution in [0.1, 0.15) is 50.6 Å². The maximum Gasteiger partial charge on any atom is 0.323 e. The number of aromatic nitrogens is 2. The molecule has 1 unspecified atom stereocenters. The maximum atomic E-state index is 11.4. The second-order valence-corrected chi connectivity index (χ2v) is 6.06. The summed E-state index contributed by atoms with van der Waals surface area (Å²) in [5.74, 6) is -0.796. The topological polar surface area (TPSA) is 67.2 Å². The molecule has 1 heterocycles. The van der Waals surface area contributed by atoms with Gasteiger partial charge in [-0.15, -0.1) is 0 Å². The van der Waals surface area contributed by atoms with Crippen molar-refractivity contribution >= 4 is 5.97 Å². The molecule has 1 aromatic heterocycles. The highest BCUT2D eigenvalue weighted by atomic mass is 16.4. The molecule has 0 amide bonds. The lowest BCUT2D eigenvalue weighted by Crippen LogP contribution is -2.52. The summed E-state index contributed by atoms with van der Waals surface area (Å²) >= 11 is 0. The molecular weight excluding hydrogens is 254 g/mol.